The van der Waals surface area contributed by atoms with Crippen LogP contribution < -0.4 is 0 Å². The number of benzene rings is 3. The van der Waals surface area contributed by atoms with Gasteiger partial charge in [0.2, 0.25) is 0 Å². The van der Waals surface area contributed by atoms with Crippen LogP contribution in [-0.4, -0.2) is 0 Å². The Balaban J connectivity index is 1.48. The van der Waals surface area contributed by atoms with Gasteiger partial charge < -0.3 is 0 Å². The van der Waals surface area contributed by atoms with E-state index >= 15 is 0 Å². The maximum Gasteiger partial charge on any atom is 0.419 e. The SMILES string of the molecule is C=CCC1CCC(CCc2ccc3c(C#Cc4ccc(C(F)(F)F)c(F)c4F)cccc3c2)CC1. The lowest BCUT2D eigenvalue weighted by Crippen LogP contribution is -2.14. The summed E-state index contributed by atoms with van der Waals surface area (Å²) in [6.45, 7) is 3.85. The lowest BCUT2D eigenvalue weighted by molar-refractivity contribution is -0.140. The summed E-state index contributed by atoms with van der Waals surface area (Å²) in [4.78, 5) is 0. The maximum absolute atomic E-state index is 14.2. The lowest BCUT2D eigenvalue weighted by Gasteiger charge is -2.27. The van der Waals surface area contributed by atoms with Gasteiger partial charge in [0.15, 0.2) is 11.6 Å². The topological polar surface area (TPSA) is 0 Å². The summed E-state index contributed by atoms with van der Waals surface area (Å²) in [5.41, 5.74) is -0.198. The van der Waals surface area contributed by atoms with E-state index in [9.17, 15) is 22.0 Å². The Bertz CT molecular complexity index is 1270. The van der Waals surface area contributed by atoms with Gasteiger partial charge in [-0.1, -0.05) is 61.1 Å². The van der Waals surface area contributed by atoms with Crippen molar-refractivity contribution in [1.29, 1.82) is 0 Å². The van der Waals surface area contributed by atoms with Gasteiger partial charge in [-0.2, -0.15) is 13.2 Å². The fraction of sp³-hybridized carbons (Fsp3) is 0.333. The molecule has 0 atom stereocenters. The van der Waals surface area contributed by atoms with Crippen LogP contribution in [0.5, 0.6) is 0 Å². The molecule has 1 aliphatic rings. The summed E-state index contributed by atoms with van der Waals surface area (Å²) in [5.74, 6) is 3.32. The van der Waals surface area contributed by atoms with Crippen molar-refractivity contribution in [2.45, 2.75) is 51.1 Å². The fourth-order valence-corrected chi connectivity index (χ4v) is 4.96. The van der Waals surface area contributed by atoms with Gasteiger partial charge in [0.1, 0.15) is 0 Å². The lowest BCUT2D eigenvalue weighted by atomic mass is 9.78. The maximum atomic E-state index is 14.2. The summed E-state index contributed by atoms with van der Waals surface area (Å²) in [5, 5.41) is 1.85. The number of alkyl halides is 3. The van der Waals surface area contributed by atoms with Crippen LogP contribution in [0.25, 0.3) is 10.8 Å². The van der Waals surface area contributed by atoms with Crippen LogP contribution in [0.2, 0.25) is 0 Å². The van der Waals surface area contributed by atoms with Crippen LogP contribution in [0.4, 0.5) is 22.0 Å². The van der Waals surface area contributed by atoms with E-state index in [0.717, 1.165) is 47.9 Å². The molecule has 0 nitrogen and oxygen atoms in total. The molecule has 0 radical (unpaired) electrons. The third-order valence-electron chi connectivity index (χ3n) is 6.97. The molecule has 5 heteroatoms. The molecule has 0 heterocycles. The number of hydrogen-bond acceptors (Lipinski definition) is 0. The summed E-state index contributed by atoms with van der Waals surface area (Å²) < 4.78 is 66.4. The van der Waals surface area contributed by atoms with Gasteiger partial charge >= 0.3 is 6.18 Å². The van der Waals surface area contributed by atoms with Gasteiger partial charge in [0.25, 0.3) is 0 Å². The number of fused-ring (bicyclic) bond motifs is 1. The Kier molecular flexibility index (Phi) is 7.60. The van der Waals surface area contributed by atoms with E-state index in [1.807, 2.05) is 24.3 Å². The largest absolute Gasteiger partial charge is 0.419 e. The molecule has 0 bridgehead atoms. The first kappa shape index (κ1) is 25.0. The summed E-state index contributed by atoms with van der Waals surface area (Å²) >= 11 is 0. The average molecular weight is 483 g/mol. The van der Waals surface area contributed by atoms with Gasteiger partial charge in [-0.25, -0.2) is 8.78 Å². The van der Waals surface area contributed by atoms with Crippen LogP contribution >= 0.6 is 0 Å². The predicted octanol–water partition coefficient (Wildman–Crippen LogP) is 8.85. The van der Waals surface area contributed by atoms with E-state index in [1.54, 1.807) is 6.07 Å². The zero-order valence-electron chi connectivity index (χ0n) is 19.4. The molecule has 3 aromatic rings. The molecule has 35 heavy (non-hydrogen) atoms. The van der Waals surface area contributed by atoms with E-state index in [0.29, 0.717) is 11.6 Å². The highest BCUT2D eigenvalue weighted by Crippen LogP contribution is 2.34. The zero-order chi connectivity index (χ0) is 25.0. The fourth-order valence-electron chi connectivity index (χ4n) is 4.96. The Morgan fingerprint density at radius 3 is 2.29 bits per heavy atom. The van der Waals surface area contributed by atoms with Crippen molar-refractivity contribution in [2.24, 2.45) is 11.8 Å². The van der Waals surface area contributed by atoms with Gasteiger partial charge in [0, 0.05) is 5.56 Å². The van der Waals surface area contributed by atoms with E-state index in [4.69, 9.17) is 0 Å². The molecular weight excluding hydrogens is 455 g/mol. The highest BCUT2D eigenvalue weighted by Gasteiger charge is 2.35. The highest BCUT2D eigenvalue weighted by atomic mass is 19.4. The number of hydrogen-bond donors (Lipinski definition) is 0. The number of halogens is 5. The molecule has 0 unspecified atom stereocenters. The first-order chi connectivity index (χ1) is 16.8. The minimum atomic E-state index is -4.96. The van der Waals surface area contributed by atoms with Crippen LogP contribution in [0.15, 0.2) is 61.2 Å². The Hall–Kier alpha value is -3.13. The predicted molar refractivity (Wildman–Crippen MR) is 130 cm³/mol. The smallest absolute Gasteiger partial charge is 0.203 e. The Morgan fingerprint density at radius 1 is 0.857 bits per heavy atom. The third kappa shape index (κ3) is 5.93. The summed E-state index contributed by atoms with van der Waals surface area (Å²) in [6.07, 6.45) is 5.43. The monoisotopic (exact) mass is 482 g/mol. The number of rotatable bonds is 5. The Labute approximate surface area is 202 Å². The molecule has 0 N–H and O–H groups in total. The number of allylic oxidation sites excluding steroid dienone is 1. The molecule has 1 aliphatic carbocycles. The average Bonchev–Trinajstić information content (AvgIpc) is 2.83. The van der Waals surface area contributed by atoms with Gasteiger partial charge in [-0.3, -0.25) is 0 Å². The molecule has 0 aromatic heterocycles. The highest BCUT2D eigenvalue weighted by molar-refractivity contribution is 5.88. The van der Waals surface area contributed by atoms with Crippen molar-refractivity contribution in [1.82, 2.24) is 0 Å². The van der Waals surface area contributed by atoms with Crippen molar-refractivity contribution in [3.05, 3.63) is 95.1 Å². The molecule has 1 saturated carbocycles. The van der Waals surface area contributed by atoms with Crippen molar-refractivity contribution < 1.29 is 22.0 Å². The van der Waals surface area contributed by atoms with Gasteiger partial charge in [0.05, 0.1) is 11.1 Å². The molecule has 1 fully saturated rings. The molecule has 0 aliphatic heterocycles. The second kappa shape index (κ2) is 10.6. The van der Waals surface area contributed by atoms with Crippen LogP contribution in [0.3, 0.4) is 0 Å². The van der Waals surface area contributed by atoms with Crippen LogP contribution in [0, 0.1) is 35.3 Å². The number of aryl methyl sites for hydroxylation is 1. The molecule has 0 saturated heterocycles. The van der Waals surface area contributed by atoms with Crippen molar-refractivity contribution in [3.63, 3.8) is 0 Å². The van der Waals surface area contributed by atoms with Crippen LogP contribution in [0.1, 0.15) is 60.8 Å². The summed E-state index contributed by atoms with van der Waals surface area (Å²) in [6, 6.07) is 13.1. The van der Waals surface area contributed by atoms with Crippen LogP contribution in [-0.2, 0) is 12.6 Å². The van der Waals surface area contributed by atoms with E-state index < -0.39 is 28.9 Å². The Morgan fingerprint density at radius 2 is 1.57 bits per heavy atom. The molecule has 3 aromatic carbocycles. The third-order valence-corrected chi connectivity index (χ3v) is 6.97. The molecule has 0 amide bonds. The van der Waals surface area contributed by atoms with E-state index in [2.05, 4.69) is 30.6 Å². The minimum Gasteiger partial charge on any atom is -0.203 e. The molecular formula is C30H27F5. The minimum absolute atomic E-state index is 0.410. The zero-order valence-corrected chi connectivity index (χ0v) is 19.4. The molecule has 0 spiro atoms. The second-order valence-electron chi connectivity index (χ2n) is 9.35. The van der Waals surface area contributed by atoms with E-state index in [-0.39, 0.29) is 0 Å². The summed E-state index contributed by atoms with van der Waals surface area (Å²) in [7, 11) is 0. The standard InChI is InChI=1S/C30H27F5/c1-2-4-20-7-9-21(10-8-20)11-12-22-13-17-26-23(5-3-6-25(26)19-22)14-15-24-16-18-27(30(33,34)35)29(32)28(24)31/h2-3,5-6,13,16-21H,1,4,7-12H2. The van der Waals surface area contributed by atoms with Crippen molar-refractivity contribution in [3.8, 4) is 11.8 Å². The van der Waals surface area contributed by atoms with Crippen molar-refractivity contribution in [2.75, 3.05) is 0 Å². The quantitative estimate of drug-likeness (QED) is 0.194. The first-order valence-corrected chi connectivity index (χ1v) is 12.0. The first-order valence-electron chi connectivity index (χ1n) is 12.0. The normalized spacial score (nSPS) is 18.2. The molecule has 182 valence electrons. The molecule has 4 rings (SSSR count). The van der Waals surface area contributed by atoms with Gasteiger partial charge in [-0.05, 0) is 78.5 Å². The van der Waals surface area contributed by atoms with Crippen molar-refractivity contribution >= 4 is 10.8 Å². The van der Waals surface area contributed by atoms with Gasteiger partial charge in [-0.15, -0.1) is 6.58 Å². The second-order valence-corrected chi connectivity index (χ2v) is 9.35. The van der Waals surface area contributed by atoms with E-state index in [1.165, 1.54) is 31.2 Å².